The fourth-order valence-corrected chi connectivity index (χ4v) is 1.72. The maximum atomic E-state index is 11.9. The fraction of sp³-hybridized carbons (Fsp3) is 0.231. The molecule has 0 unspecified atom stereocenters. The van der Waals surface area contributed by atoms with E-state index in [0.29, 0.717) is 18.4 Å². The maximum absolute atomic E-state index is 11.9. The van der Waals surface area contributed by atoms with Crippen molar-refractivity contribution >= 4 is 16.7 Å². The standard InChI is InChI=1S/C13H13NO2/c15-9-3-7-13(16)11-4-1-6-12-10(11)5-2-8-14-12/h1-2,4-6,8,15H,3,7,9H2. The number of Topliss-reactive ketones (excluding diaryl/α,β-unsaturated/α-hetero) is 1. The van der Waals surface area contributed by atoms with Crippen LogP contribution in [0.4, 0.5) is 0 Å². The molecular weight excluding hydrogens is 202 g/mol. The van der Waals surface area contributed by atoms with Crippen molar-refractivity contribution in [3.63, 3.8) is 0 Å². The van der Waals surface area contributed by atoms with Crippen LogP contribution in [0.5, 0.6) is 0 Å². The summed E-state index contributed by atoms with van der Waals surface area (Å²) in [4.78, 5) is 16.1. The molecule has 3 heteroatoms. The quantitative estimate of drug-likeness (QED) is 0.795. The van der Waals surface area contributed by atoms with Crippen molar-refractivity contribution in [2.75, 3.05) is 6.61 Å². The monoisotopic (exact) mass is 215 g/mol. The molecule has 0 saturated carbocycles. The summed E-state index contributed by atoms with van der Waals surface area (Å²) < 4.78 is 0. The van der Waals surface area contributed by atoms with Crippen molar-refractivity contribution in [2.24, 2.45) is 0 Å². The molecule has 0 saturated heterocycles. The number of aromatic nitrogens is 1. The van der Waals surface area contributed by atoms with Crippen molar-refractivity contribution < 1.29 is 9.90 Å². The van der Waals surface area contributed by atoms with E-state index < -0.39 is 0 Å². The predicted octanol–water partition coefficient (Wildman–Crippen LogP) is 2.19. The Labute approximate surface area is 93.7 Å². The highest BCUT2D eigenvalue weighted by Crippen LogP contribution is 2.18. The molecule has 1 N–H and O–H groups in total. The van der Waals surface area contributed by atoms with Gasteiger partial charge in [-0.05, 0) is 18.6 Å². The number of hydrogen-bond donors (Lipinski definition) is 1. The summed E-state index contributed by atoms with van der Waals surface area (Å²) in [6.45, 7) is 0.0504. The number of hydrogen-bond acceptors (Lipinski definition) is 3. The second-order valence-electron chi connectivity index (χ2n) is 3.63. The molecule has 0 aliphatic carbocycles. The number of pyridine rings is 1. The Morgan fingerprint density at radius 1 is 1.25 bits per heavy atom. The molecule has 1 aromatic carbocycles. The Morgan fingerprint density at radius 2 is 2.12 bits per heavy atom. The SMILES string of the molecule is O=C(CCCO)c1cccc2ncccc12. The molecule has 0 atom stereocenters. The molecule has 3 nitrogen and oxygen atoms in total. The average Bonchev–Trinajstić information content (AvgIpc) is 2.35. The number of ketones is 1. The van der Waals surface area contributed by atoms with Crippen LogP contribution in [-0.4, -0.2) is 22.5 Å². The normalized spacial score (nSPS) is 10.6. The number of carbonyl (C=O) groups is 1. The molecule has 0 aliphatic rings. The van der Waals surface area contributed by atoms with Crippen molar-refractivity contribution in [3.05, 3.63) is 42.1 Å². The number of benzene rings is 1. The van der Waals surface area contributed by atoms with Gasteiger partial charge in [0.25, 0.3) is 0 Å². The van der Waals surface area contributed by atoms with Crippen molar-refractivity contribution in [1.29, 1.82) is 0 Å². The van der Waals surface area contributed by atoms with Crippen LogP contribution in [0.3, 0.4) is 0 Å². The van der Waals surface area contributed by atoms with Gasteiger partial charge < -0.3 is 5.11 Å². The number of nitrogens with zero attached hydrogens (tertiary/aromatic N) is 1. The van der Waals surface area contributed by atoms with E-state index in [4.69, 9.17) is 5.11 Å². The third-order valence-electron chi connectivity index (χ3n) is 2.51. The molecule has 0 fully saturated rings. The highest BCUT2D eigenvalue weighted by Gasteiger charge is 2.09. The van der Waals surface area contributed by atoms with Gasteiger partial charge in [-0.15, -0.1) is 0 Å². The molecule has 0 radical (unpaired) electrons. The van der Waals surface area contributed by atoms with Gasteiger partial charge in [0, 0.05) is 30.2 Å². The lowest BCUT2D eigenvalue weighted by Gasteiger charge is -2.04. The summed E-state index contributed by atoms with van der Waals surface area (Å²) in [6.07, 6.45) is 2.60. The zero-order chi connectivity index (χ0) is 11.4. The Morgan fingerprint density at radius 3 is 2.94 bits per heavy atom. The zero-order valence-corrected chi connectivity index (χ0v) is 8.89. The number of carbonyl (C=O) groups excluding carboxylic acids is 1. The summed E-state index contributed by atoms with van der Waals surface area (Å²) in [5, 5.41) is 9.59. The zero-order valence-electron chi connectivity index (χ0n) is 8.89. The van der Waals surface area contributed by atoms with Gasteiger partial charge in [-0.3, -0.25) is 9.78 Å². The van der Waals surface area contributed by atoms with E-state index in [2.05, 4.69) is 4.98 Å². The van der Waals surface area contributed by atoms with E-state index in [0.717, 1.165) is 10.9 Å². The lowest BCUT2D eigenvalue weighted by Crippen LogP contribution is -2.01. The molecule has 0 spiro atoms. The van der Waals surface area contributed by atoms with E-state index in [1.54, 1.807) is 6.20 Å². The van der Waals surface area contributed by atoms with Crippen LogP contribution in [-0.2, 0) is 0 Å². The second-order valence-corrected chi connectivity index (χ2v) is 3.63. The number of aliphatic hydroxyl groups is 1. The van der Waals surface area contributed by atoms with Gasteiger partial charge in [0.15, 0.2) is 5.78 Å². The third-order valence-corrected chi connectivity index (χ3v) is 2.51. The first kappa shape index (κ1) is 10.8. The minimum atomic E-state index is 0.0504. The summed E-state index contributed by atoms with van der Waals surface area (Å²) in [5.74, 6) is 0.0626. The van der Waals surface area contributed by atoms with Crippen molar-refractivity contribution in [3.8, 4) is 0 Å². The summed E-state index contributed by atoms with van der Waals surface area (Å²) in [6, 6.07) is 9.25. The molecular formula is C13H13NO2. The molecule has 1 heterocycles. The van der Waals surface area contributed by atoms with Crippen molar-refractivity contribution in [1.82, 2.24) is 4.98 Å². The summed E-state index contributed by atoms with van der Waals surface area (Å²) in [7, 11) is 0. The molecule has 0 aliphatic heterocycles. The predicted molar refractivity (Wildman–Crippen MR) is 62.4 cm³/mol. The van der Waals surface area contributed by atoms with Crippen LogP contribution < -0.4 is 0 Å². The molecule has 2 aromatic rings. The minimum Gasteiger partial charge on any atom is -0.396 e. The highest BCUT2D eigenvalue weighted by molar-refractivity contribution is 6.07. The lowest BCUT2D eigenvalue weighted by molar-refractivity contribution is 0.0973. The molecule has 0 amide bonds. The maximum Gasteiger partial charge on any atom is 0.163 e. The Bertz CT molecular complexity index is 503. The summed E-state index contributed by atoms with van der Waals surface area (Å²) >= 11 is 0. The lowest BCUT2D eigenvalue weighted by atomic mass is 10.0. The van der Waals surface area contributed by atoms with Gasteiger partial charge in [-0.2, -0.15) is 0 Å². The van der Waals surface area contributed by atoms with Crippen LogP contribution in [0.1, 0.15) is 23.2 Å². The Balaban J connectivity index is 2.40. The number of rotatable bonds is 4. The van der Waals surface area contributed by atoms with Gasteiger partial charge in [-0.25, -0.2) is 0 Å². The van der Waals surface area contributed by atoms with Crippen LogP contribution in [0.15, 0.2) is 36.5 Å². The smallest absolute Gasteiger partial charge is 0.163 e. The summed E-state index contributed by atoms with van der Waals surface area (Å²) in [5.41, 5.74) is 1.52. The van der Waals surface area contributed by atoms with Gasteiger partial charge in [-0.1, -0.05) is 18.2 Å². The van der Waals surface area contributed by atoms with E-state index >= 15 is 0 Å². The first-order chi connectivity index (χ1) is 7.83. The van der Waals surface area contributed by atoms with Gasteiger partial charge >= 0.3 is 0 Å². The molecule has 0 bridgehead atoms. The number of aliphatic hydroxyl groups excluding tert-OH is 1. The largest absolute Gasteiger partial charge is 0.396 e. The van der Waals surface area contributed by atoms with Gasteiger partial charge in [0.1, 0.15) is 0 Å². The molecule has 2 rings (SSSR count). The van der Waals surface area contributed by atoms with E-state index in [1.807, 2.05) is 30.3 Å². The number of fused-ring (bicyclic) bond motifs is 1. The molecule has 82 valence electrons. The van der Waals surface area contributed by atoms with Gasteiger partial charge in [0.05, 0.1) is 5.52 Å². The van der Waals surface area contributed by atoms with Crippen LogP contribution in [0.2, 0.25) is 0 Å². The topological polar surface area (TPSA) is 50.2 Å². The van der Waals surface area contributed by atoms with E-state index in [-0.39, 0.29) is 12.4 Å². The van der Waals surface area contributed by atoms with E-state index in [1.165, 1.54) is 0 Å². The minimum absolute atomic E-state index is 0.0504. The van der Waals surface area contributed by atoms with Crippen LogP contribution in [0.25, 0.3) is 10.9 Å². The average molecular weight is 215 g/mol. The first-order valence-electron chi connectivity index (χ1n) is 5.31. The molecule has 16 heavy (non-hydrogen) atoms. The molecule has 1 aromatic heterocycles. The van der Waals surface area contributed by atoms with Crippen LogP contribution >= 0.6 is 0 Å². The second kappa shape index (κ2) is 4.86. The highest BCUT2D eigenvalue weighted by atomic mass is 16.3. The van der Waals surface area contributed by atoms with E-state index in [9.17, 15) is 4.79 Å². The van der Waals surface area contributed by atoms with Gasteiger partial charge in [0.2, 0.25) is 0 Å². The Kier molecular flexibility index (Phi) is 3.27. The Hall–Kier alpha value is -1.74. The third kappa shape index (κ3) is 2.09. The fourth-order valence-electron chi connectivity index (χ4n) is 1.72. The van der Waals surface area contributed by atoms with Crippen LogP contribution in [0, 0.1) is 0 Å². The van der Waals surface area contributed by atoms with Crippen molar-refractivity contribution in [2.45, 2.75) is 12.8 Å². The first-order valence-corrected chi connectivity index (χ1v) is 5.31.